The molecule has 1 unspecified atom stereocenters. The second-order valence-corrected chi connectivity index (χ2v) is 3.87. The van der Waals surface area contributed by atoms with Crippen LogP contribution in [-0.4, -0.2) is 26.6 Å². The van der Waals surface area contributed by atoms with Crippen molar-refractivity contribution in [2.45, 2.75) is 19.4 Å². The summed E-state index contributed by atoms with van der Waals surface area (Å²) >= 11 is 0. The van der Waals surface area contributed by atoms with Crippen LogP contribution in [0.3, 0.4) is 0 Å². The van der Waals surface area contributed by atoms with Gasteiger partial charge in [0, 0.05) is 26.1 Å². The molecule has 4 heteroatoms. The topological polar surface area (TPSA) is 50.4 Å². The number of methoxy groups -OCH3 is 1. The Balaban J connectivity index is 2.40. The van der Waals surface area contributed by atoms with Crippen LogP contribution in [0.4, 0.5) is 0 Å². The third kappa shape index (κ3) is 4.44. The van der Waals surface area contributed by atoms with Crippen LogP contribution < -0.4 is 15.4 Å². The molecular formula is C13H20N2O2. The van der Waals surface area contributed by atoms with Crippen molar-refractivity contribution in [3.8, 4) is 5.75 Å². The zero-order valence-corrected chi connectivity index (χ0v) is 10.6. The average molecular weight is 236 g/mol. The monoisotopic (exact) mass is 236 g/mol. The molecule has 0 radical (unpaired) electrons. The number of hydrogen-bond acceptors (Lipinski definition) is 3. The molecule has 0 aliphatic rings. The standard InChI is InChI=1S/C13H20N2O2/c1-10(15-9-8-13(16)14-2)11-4-6-12(17-3)7-5-11/h4-7,10,15H,8-9H2,1-3H3,(H,14,16). The first-order valence-corrected chi connectivity index (χ1v) is 5.75. The fourth-order valence-corrected chi connectivity index (χ4v) is 1.54. The summed E-state index contributed by atoms with van der Waals surface area (Å²) in [5.74, 6) is 0.908. The van der Waals surface area contributed by atoms with Crippen LogP contribution in [0.2, 0.25) is 0 Å². The third-order valence-corrected chi connectivity index (χ3v) is 2.70. The number of ether oxygens (including phenoxy) is 1. The minimum Gasteiger partial charge on any atom is -0.497 e. The largest absolute Gasteiger partial charge is 0.497 e. The highest BCUT2D eigenvalue weighted by Gasteiger charge is 2.05. The molecule has 4 nitrogen and oxygen atoms in total. The summed E-state index contributed by atoms with van der Waals surface area (Å²) in [6, 6.07) is 8.15. The second-order valence-electron chi connectivity index (χ2n) is 3.87. The quantitative estimate of drug-likeness (QED) is 0.786. The van der Waals surface area contributed by atoms with Gasteiger partial charge in [-0.3, -0.25) is 4.79 Å². The predicted octanol–water partition coefficient (Wildman–Crippen LogP) is 1.48. The van der Waals surface area contributed by atoms with Crippen molar-refractivity contribution >= 4 is 5.91 Å². The fourth-order valence-electron chi connectivity index (χ4n) is 1.54. The van der Waals surface area contributed by atoms with E-state index in [-0.39, 0.29) is 11.9 Å². The summed E-state index contributed by atoms with van der Waals surface area (Å²) < 4.78 is 5.10. The summed E-state index contributed by atoms with van der Waals surface area (Å²) in [5.41, 5.74) is 1.18. The highest BCUT2D eigenvalue weighted by molar-refractivity contribution is 5.75. The van der Waals surface area contributed by atoms with E-state index >= 15 is 0 Å². The van der Waals surface area contributed by atoms with Gasteiger partial charge >= 0.3 is 0 Å². The third-order valence-electron chi connectivity index (χ3n) is 2.70. The van der Waals surface area contributed by atoms with Crippen LogP contribution in [-0.2, 0) is 4.79 Å². The molecule has 1 aromatic rings. The molecule has 94 valence electrons. The molecule has 0 aromatic heterocycles. The summed E-state index contributed by atoms with van der Waals surface area (Å²) in [7, 11) is 3.30. The van der Waals surface area contributed by atoms with Gasteiger partial charge in [-0.05, 0) is 24.6 Å². The Kier molecular flexibility index (Phi) is 5.49. The van der Waals surface area contributed by atoms with Crippen molar-refractivity contribution in [3.63, 3.8) is 0 Å². The first-order chi connectivity index (χ1) is 8.17. The van der Waals surface area contributed by atoms with Gasteiger partial charge in [0.25, 0.3) is 0 Å². The SMILES string of the molecule is CNC(=O)CCNC(C)c1ccc(OC)cc1. The van der Waals surface area contributed by atoms with Crippen LogP contribution >= 0.6 is 0 Å². The molecule has 0 heterocycles. The molecule has 17 heavy (non-hydrogen) atoms. The van der Waals surface area contributed by atoms with Gasteiger partial charge in [0.1, 0.15) is 5.75 Å². The summed E-state index contributed by atoms with van der Waals surface area (Å²) in [4.78, 5) is 11.0. The number of rotatable bonds is 6. The van der Waals surface area contributed by atoms with Crippen molar-refractivity contribution in [1.29, 1.82) is 0 Å². The van der Waals surface area contributed by atoms with Gasteiger partial charge in [-0.25, -0.2) is 0 Å². The zero-order valence-electron chi connectivity index (χ0n) is 10.6. The van der Waals surface area contributed by atoms with Gasteiger partial charge in [0.15, 0.2) is 0 Å². The molecule has 0 fully saturated rings. The van der Waals surface area contributed by atoms with Crippen molar-refractivity contribution in [3.05, 3.63) is 29.8 Å². The van der Waals surface area contributed by atoms with Crippen LogP contribution in [0.5, 0.6) is 5.75 Å². The second kappa shape index (κ2) is 6.91. The Morgan fingerprint density at radius 2 is 2.00 bits per heavy atom. The maximum absolute atomic E-state index is 11.0. The number of amides is 1. The van der Waals surface area contributed by atoms with Crippen molar-refractivity contribution in [2.75, 3.05) is 20.7 Å². The number of benzene rings is 1. The van der Waals surface area contributed by atoms with Gasteiger partial charge in [0.2, 0.25) is 5.91 Å². The van der Waals surface area contributed by atoms with Gasteiger partial charge in [-0.1, -0.05) is 12.1 Å². The molecule has 2 N–H and O–H groups in total. The number of carbonyl (C=O) groups excluding carboxylic acids is 1. The van der Waals surface area contributed by atoms with Crippen molar-refractivity contribution in [1.82, 2.24) is 10.6 Å². The maximum Gasteiger partial charge on any atom is 0.221 e. The van der Waals surface area contributed by atoms with E-state index in [0.717, 1.165) is 5.75 Å². The summed E-state index contributed by atoms with van der Waals surface area (Å²) in [5, 5.41) is 5.90. The molecule has 1 aromatic carbocycles. The molecule has 0 saturated heterocycles. The predicted molar refractivity (Wildman–Crippen MR) is 68.1 cm³/mol. The summed E-state index contributed by atoms with van der Waals surface area (Å²) in [6.07, 6.45) is 0.497. The highest BCUT2D eigenvalue weighted by atomic mass is 16.5. The van der Waals surface area contributed by atoms with E-state index < -0.39 is 0 Å². The molecule has 0 saturated carbocycles. The first kappa shape index (κ1) is 13.5. The van der Waals surface area contributed by atoms with Gasteiger partial charge < -0.3 is 15.4 Å². The van der Waals surface area contributed by atoms with Crippen LogP contribution in [0.15, 0.2) is 24.3 Å². The molecule has 1 atom stereocenters. The molecule has 1 rings (SSSR count). The van der Waals surface area contributed by atoms with Crippen molar-refractivity contribution < 1.29 is 9.53 Å². The number of nitrogens with one attached hydrogen (secondary N) is 2. The Hall–Kier alpha value is -1.55. The average Bonchev–Trinajstić information content (AvgIpc) is 2.38. The lowest BCUT2D eigenvalue weighted by Gasteiger charge is -2.14. The molecule has 0 bridgehead atoms. The maximum atomic E-state index is 11.0. The smallest absolute Gasteiger partial charge is 0.221 e. The lowest BCUT2D eigenvalue weighted by atomic mass is 10.1. The number of hydrogen-bond donors (Lipinski definition) is 2. The van der Waals surface area contributed by atoms with Crippen LogP contribution in [0, 0.1) is 0 Å². The molecular weight excluding hydrogens is 216 g/mol. The van der Waals surface area contributed by atoms with Gasteiger partial charge in [-0.15, -0.1) is 0 Å². The minimum absolute atomic E-state index is 0.0550. The van der Waals surface area contributed by atoms with E-state index in [1.54, 1.807) is 14.2 Å². The molecule has 0 aliphatic heterocycles. The molecule has 1 amide bonds. The molecule has 0 aliphatic carbocycles. The highest BCUT2D eigenvalue weighted by Crippen LogP contribution is 2.16. The fraction of sp³-hybridized carbons (Fsp3) is 0.462. The Bertz CT molecular complexity index is 349. The van der Waals surface area contributed by atoms with E-state index in [4.69, 9.17) is 4.74 Å². The van der Waals surface area contributed by atoms with Gasteiger partial charge in [-0.2, -0.15) is 0 Å². The van der Waals surface area contributed by atoms with Crippen molar-refractivity contribution in [2.24, 2.45) is 0 Å². The van der Waals surface area contributed by atoms with E-state index in [9.17, 15) is 4.79 Å². The van der Waals surface area contributed by atoms with Gasteiger partial charge in [0.05, 0.1) is 7.11 Å². The summed E-state index contributed by atoms with van der Waals surface area (Å²) in [6.45, 7) is 2.75. The van der Waals surface area contributed by atoms with E-state index in [1.807, 2.05) is 24.3 Å². The lowest BCUT2D eigenvalue weighted by molar-refractivity contribution is -0.120. The Morgan fingerprint density at radius 3 is 2.53 bits per heavy atom. The molecule has 0 spiro atoms. The van der Waals surface area contributed by atoms with Crippen LogP contribution in [0.1, 0.15) is 24.9 Å². The Morgan fingerprint density at radius 1 is 1.35 bits per heavy atom. The van der Waals surface area contributed by atoms with E-state index in [2.05, 4.69) is 17.6 Å². The number of carbonyl (C=O) groups is 1. The lowest BCUT2D eigenvalue weighted by Crippen LogP contribution is -2.26. The zero-order chi connectivity index (χ0) is 12.7. The van der Waals surface area contributed by atoms with Crippen LogP contribution in [0.25, 0.3) is 0 Å². The van der Waals surface area contributed by atoms with E-state index in [1.165, 1.54) is 5.56 Å². The normalized spacial score (nSPS) is 11.9. The minimum atomic E-state index is 0.0550. The Labute approximate surface area is 102 Å². The van der Waals surface area contributed by atoms with E-state index in [0.29, 0.717) is 13.0 Å². The first-order valence-electron chi connectivity index (χ1n) is 5.75.